The number of ether oxygens (including phenoxy) is 1. The average Bonchev–Trinajstić information content (AvgIpc) is 2.50. The van der Waals surface area contributed by atoms with Crippen molar-refractivity contribution in [3.05, 3.63) is 29.3 Å². The Morgan fingerprint density at radius 3 is 2.68 bits per heavy atom. The Morgan fingerprint density at radius 1 is 1.36 bits per heavy atom. The van der Waals surface area contributed by atoms with E-state index in [1.165, 1.54) is 0 Å². The quantitative estimate of drug-likeness (QED) is 0.823. The summed E-state index contributed by atoms with van der Waals surface area (Å²) in [5.74, 6) is 0.689. The van der Waals surface area contributed by atoms with E-state index >= 15 is 0 Å². The number of nitrogens with one attached hydrogen (secondary N) is 1. The molecule has 25 heavy (non-hydrogen) atoms. The maximum absolute atomic E-state index is 12.4. The van der Waals surface area contributed by atoms with Gasteiger partial charge in [-0.1, -0.05) is 32.0 Å². The van der Waals surface area contributed by atoms with Crippen molar-refractivity contribution in [2.24, 2.45) is 5.92 Å². The van der Waals surface area contributed by atoms with E-state index in [1.54, 1.807) is 0 Å². The van der Waals surface area contributed by atoms with Gasteiger partial charge in [-0.15, -0.1) is 0 Å². The predicted octanol–water partition coefficient (Wildman–Crippen LogP) is 2.53. The predicted molar refractivity (Wildman–Crippen MR) is 103 cm³/mol. The second kappa shape index (κ2) is 9.32. The lowest BCUT2D eigenvalue weighted by Gasteiger charge is -2.35. The van der Waals surface area contributed by atoms with Crippen LogP contribution in [0.25, 0.3) is 0 Å². The third kappa shape index (κ3) is 6.42. The molecule has 0 radical (unpaired) electrons. The normalized spacial score (nSPS) is 18.8. The number of hydrogen-bond donors (Lipinski definition) is 1. The lowest BCUT2D eigenvalue weighted by atomic mass is 10.1. The summed E-state index contributed by atoms with van der Waals surface area (Å²) in [5, 5.41) is 3.05. The van der Waals surface area contributed by atoms with E-state index < -0.39 is 0 Å². The summed E-state index contributed by atoms with van der Waals surface area (Å²) in [7, 11) is 1.98. The molecule has 0 saturated carbocycles. The van der Waals surface area contributed by atoms with Crippen molar-refractivity contribution < 1.29 is 9.53 Å². The van der Waals surface area contributed by atoms with Crippen LogP contribution in [0.15, 0.2) is 18.2 Å². The van der Waals surface area contributed by atoms with Gasteiger partial charge in [0.1, 0.15) is 0 Å². The number of likely N-dealkylation sites (N-methyl/N-ethyl adjacent to an activating group) is 1. The highest BCUT2D eigenvalue weighted by molar-refractivity contribution is 5.93. The molecule has 140 valence electrons. The number of morpholine rings is 1. The number of rotatable bonds is 7. The molecule has 1 fully saturated rings. The van der Waals surface area contributed by atoms with E-state index in [0.29, 0.717) is 12.5 Å². The molecule has 1 aromatic carbocycles. The minimum Gasteiger partial charge on any atom is -0.374 e. The van der Waals surface area contributed by atoms with E-state index in [-0.39, 0.29) is 12.0 Å². The van der Waals surface area contributed by atoms with Gasteiger partial charge in [-0.05, 0) is 37.9 Å². The molecule has 1 aliphatic rings. The molecule has 0 aromatic heterocycles. The lowest BCUT2D eigenvalue weighted by molar-refractivity contribution is -0.117. The third-order valence-corrected chi connectivity index (χ3v) is 4.52. The molecule has 5 nitrogen and oxygen atoms in total. The second-order valence-corrected chi connectivity index (χ2v) is 7.66. The molecule has 1 N–H and O–H groups in total. The van der Waals surface area contributed by atoms with Crippen LogP contribution in [-0.2, 0) is 9.53 Å². The van der Waals surface area contributed by atoms with Gasteiger partial charge >= 0.3 is 0 Å². The number of para-hydroxylation sites is 1. The summed E-state index contributed by atoms with van der Waals surface area (Å²) in [4.78, 5) is 16.9. The molecule has 0 unspecified atom stereocenters. The van der Waals surface area contributed by atoms with Gasteiger partial charge in [-0.2, -0.15) is 0 Å². The first-order valence-electron chi connectivity index (χ1n) is 9.23. The summed E-state index contributed by atoms with van der Waals surface area (Å²) in [6.07, 6.45) is 0.172. The zero-order chi connectivity index (χ0) is 18.4. The average molecular weight is 348 g/mol. The van der Waals surface area contributed by atoms with Crippen LogP contribution >= 0.6 is 0 Å². The maximum Gasteiger partial charge on any atom is 0.238 e. The van der Waals surface area contributed by atoms with Crippen molar-refractivity contribution >= 4 is 11.6 Å². The van der Waals surface area contributed by atoms with Crippen molar-refractivity contribution in [1.29, 1.82) is 0 Å². The van der Waals surface area contributed by atoms with Gasteiger partial charge < -0.3 is 10.1 Å². The van der Waals surface area contributed by atoms with Crippen molar-refractivity contribution in [2.75, 3.05) is 51.7 Å². The number of benzene rings is 1. The Hall–Kier alpha value is -1.43. The fourth-order valence-electron chi connectivity index (χ4n) is 3.42. The summed E-state index contributed by atoms with van der Waals surface area (Å²) in [5.41, 5.74) is 3.12. The van der Waals surface area contributed by atoms with Crippen molar-refractivity contribution in [2.45, 2.75) is 33.8 Å². The van der Waals surface area contributed by atoms with E-state index in [2.05, 4.69) is 24.1 Å². The van der Waals surface area contributed by atoms with Crippen LogP contribution in [-0.4, -0.2) is 68.2 Å². The van der Waals surface area contributed by atoms with Crippen LogP contribution in [0.4, 0.5) is 5.69 Å². The number of nitrogens with zero attached hydrogens (tertiary/aromatic N) is 2. The monoisotopic (exact) mass is 347 g/mol. The fraction of sp³-hybridized carbons (Fsp3) is 0.650. The van der Waals surface area contributed by atoms with Crippen molar-refractivity contribution in [3.8, 4) is 0 Å². The second-order valence-electron chi connectivity index (χ2n) is 7.66. The van der Waals surface area contributed by atoms with Crippen molar-refractivity contribution in [3.63, 3.8) is 0 Å². The lowest BCUT2D eigenvalue weighted by Crippen LogP contribution is -2.48. The molecule has 1 saturated heterocycles. The molecule has 0 spiro atoms. The molecular weight excluding hydrogens is 314 g/mol. The summed E-state index contributed by atoms with van der Waals surface area (Å²) in [6, 6.07) is 6.05. The van der Waals surface area contributed by atoms with Gasteiger partial charge in [0.15, 0.2) is 0 Å². The number of carbonyl (C=O) groups is 1. The molecule has 5 heteroatoms. The number of amides is 1. The maximum atomic E-state index is 12.4. The molecule has 1 amide bonds. The molecule has 2 rings (SSSR count). The summed E-state index contributed by atoms with van der Waals surface area (Å²) >= 11 is 0. The van der Waals surface area contributed by atoms with Gasteiger partial charge in [-0.3, -0.25) is 14.6 Å². The van der Waals surface area contributed by atoms with E-state index in [1.807, 2.05) is 44.0 Å². The van der Waals surface area contributed by atoms with Gasteiger partial charge in [0.05, 0.1) is 19.3 Å². The zero-order valence-electron chi connectivity index (χ0n) is 16.3. The molecule has 1 atom stereocenters. The largest absolute Gasteiger partial charge is 0.374 e. The number of anilines is 1. The van der Waals surface area contributed by atoms with Crippen LogP contribution in [0.1, 0.15) is 25.0 Å². The highest BCUT2D eigenvalue weighted by Gasteiger charge is 2.22. The Labute approximate surface area is 152 Å². The number of hydrogen-bond acceptors (Lipinski definition) is 4. The van der Waals surface area contributed by atoms with Crippen LogP contribution in [0.3, 0.4) is 0 Å². The molecule has 0 bridgehead atoms. The highest BCUT2D eigenvalue weighted by atomic mass is 16.5. The molecule has 1 aliphatic heterocycles. The first-order valence-corrected chi connectivity index (χ1v) is 9.23. The Morgan fingerprint density at radius 2 is 2.04 bits per heavy atom. The van der Waals surface area contributed by atoms with Crippen LogP contribution in [0, 0.1) is 19.8 Å². The minimum atomic E-state index is 0.0229. The van der Waals surface area contributed by atoms with E-state index in [0.717, 1.165) is 49.6 Å². The van der Waals surface area contributed by atoms with Gasteiger partial charge in [0.2, 0.25) is 5.91 Å². The minimum absolute atomic E-state index is 0.0229. The van der Waals surface area contributed by atoms with Gasteiger partial charge in [0, 0.05) is 31.9 Å². The smallest absolute Gasteiger partial charge is 0.238 e. The number of aryl methyl sites for hydroxylation is 2. The SMILES string of the molecule is Cc1cccc(C)c1NC(=O)CN(C)C[C@@H]1CN(CC(C)C)CCO1. The molecule has 1 heterocycles. The summed E-state index contributed by atoms with van der Waals surface area (Å²) in [6.45, 7) is 13.5. The van der Waals surface area contributed by atoms with Gasteiger partial charge in [0.25, 0.3) is 0 Å². The standard InChI is InChI=1S/C20H33N3O2/c1-15(2)11-23-9-10-25-18(13-23)12-22(5)14-19(24)21-20-16(3)7-6-8-17(20)4/h6-8,15,18H,9-14H2,1-5H3,(H,21,24)/t18-/m1/s1. The molecule has 1 aromatic rings. The number of carbonyl (C=O) groups excluding carboxylic acids is 1. The first-order chi connectivity index (χ1) is 11.8. The Balaban J connectivity index is 1.81. The topological polar surface area (TPSA) is 44.8 Å². The Bertz CT molecular complexity index is 554. The molecular formula is C20H33N3O2. The summed E-state index contributed by atoms with van der Waals surface area (Å²) < 4.78 is 5.88. The van der Waals surface area contributed by atoms with Crippen LogP contribution in [0.2, 0.25) is 0 Å². The first kappa shape index (κ1) is 19.9. The van der Waals surface area contributed by atoms with E-state index in [4.69, 9.17) is 4.74 Å². The van der Waals surface area contributed by atoms with Crippen LogP contribution in [0.5, 0.6) is 0 Å². The molecule has 0 aliphatic carbocycles. The van der Waals surface area contributed by atoms with E-state index in [9.17, 15) is 4.79 Å². The Kier molecular flexibility index (Phi) is 7.41. The highest BCUT2D eigenvalue weighted by Crippen LogP contribution is 2.19. The third-order valence-electron chi connectivity index (χ3n) is 4.52. The fourth-order valence-corrected chi connectivity index (χ4v) is 3.42. The van der Waals surface area contributed by atoms with Crippen molar-refractivity contribution in [1.82, 2.24) is 9.80 Å². The van der Waals surface area contributed by atoms with Gasteiger partial charge in [-0.25, -0.2) is 0 Å². The van der Waals surface area contributed by atoms with Crippen LogP contribution < -0.4 is 5.32 Å². The zero-order valence-corrected chi connectivity index (χ0v) is 16.3.